The van der Waals surface area contributed by atoms with Gasteiger partial charge in [-0.15, -0.1) is 0 Å². The van der Waals surface area contributed by atoms with E-state index in [4.69, 9.17) is 23.2 Å². The lowest BCUT2D eigenvalue weighted by Crippen LogP contribution is -2.37. The Morgan fingerprint density at radius 3 is 1.23 bits per heavy atom. The van der Waals surface area contributed by atoms with Crippen LogP contribution in [0.15, 0.2) is 94.3 Å². The summed E-state index contributed by atoms with van der Waals surface area (Å²) in [5.41, 5.74) is 3.15. The molecule has 0 radical (unpaired) electrons. The number of para-hydroxylation sites is 2. The van der Waals surface area contributed by atoms with Gasteiger partial charge in [-0.3, -0.25) is 19.2 Å². The topological polar surface area (TPSA) is 98.8 Å². The normalized spacial score (nSPS) is 15.6. The van der Waals surface area contributed by atoms with Gasteiger partial charge in [0.25, 0.3) is 23.6 Å². The number of amides is 4. The molecular formula is C30H24Cl2N4O4. The second kappa shape index (κ2) is 11.0. The highest BCUT2D eigenvalue weighted by atomic mass is 35.5. The predicted molar refractivity (Wildman–Crippen MR) is 156 cm³/mol. The first kappa shape index (κ1) is 27.2. The molecule has 2 heterocycles. The number of nitrogens with one attached hydrogen (secondary N) is 2. The van der Waals surface area contributed by atoms with Crippen LogP contribution in [0.4, 0.5) is 22.7 Å². The summed E-state index contributed by atoms with van der Waals surface area (Å²) in [4.78, 5) is 55.0. The van der Waals surface area contributed by atoms with Gasteiger partial charge in [0, 0.05) is 11.4 Å². The predicted octanol–water partition coefficient (Wildman–Crippen LogP) is 5.68. The number of anilines is 4. The molecule has 0 aromatic heterocycles. The summed E-state index contributed by atoms with van der Waals surface area (Å²) in [5.74, 6) is -3.04. The average Bonchev–Trinajstić information content (AvgIpc) is 3.31. The van der Waals surface area contributed by atoms with Crippen LogP contribution in [0.1, 0.15) is 25.0 Å². The van der Waals surface area contributed by atoms with Gasteiger partial charge in [-0.05, 0) is 60.4 Å². The minimum Gasteiger partial charge on any atom is -0.350 e. The molecule has 2 aliphatic heterocycles. The number of halogens is 2. The second-order valence-corrected chi connectivity index (χ2v) is 9.86. The van der Waals surface area contributed by atoms with Gasteiger partial charge in [-0.25, -0.2) is 9.80 Å². The van der Waals surface area contributed by atoms with E-state index in [1.807, 2.05) is 38.1 Å². The number of nitrogens with zero attached hydrogens (tertiary/aromatic N) is 2. The van der Waals surface area contributed by atoms with Crippen LogP contribution in [0.2, 0.25) is 0 Å². The van der Waals surface area contributed by atoms with E-state index < -0.39 is 23.6 Å². The lowest BCUT2D eigenvalue weighted by atomic mass is 10.1. The summed E-state index contributed by atoms with van der Waals surface area (Å²) >= 11 is 12.6. The third-order valence-electron chi connectivity index (χ3n) is 6.68. The number of benzene rings is 3. The Morgan fingerprint density at radius 1 is 0.550 bits per heavy atom. The molecule has 8 nitrogen and oxygen atoms in total. The summed E-state index contributed by atoms with van der Waals surface area (Å²) in [6.07, 6.45) is 1.70. The van der Waals surface area contributed by atoms with Crippen molar-refractivity contribution in [1.82, 2.24) is 0 Å². The summed E-state index contributed by atoms with van der Waals surface area (Å²) in [5, 5.41) is 5.23. The monoisotopic (exact) mass is 574 g/mol. The van der Waals surface area contributed by atoms with Gasteiger partial charge >= 0.3 is 0 Å². The van der Waals surface area contributed by atoms with Gasteiger partial charge < -0.3 is 10.6 Å². The Balaban J connectivity index is 1.43. The van der Waals surface area contributed by atoms with Crippen molar-refractivity contribution in [3.05, 3.63) is 105 Å². The standard InChI is InChI=1S/C30H24Cl2N4O4/c1-3-17-9-13-19(14-10-17)33-25-23(31)27(37)35(29(25)39)21-7-5-6-8-22(21)36-28(38)24(32)26(30(36)40)34-20-15-11-18(4-2)12-16-20/h5-16,33-34H,3-4H2,1-2H3. The van der Waals surface area contributed by atoms with Crippen molar-refractivity contribution in [2.75, 3.05) is 20.4 Å². The van der Waals surface area contributed by atoms with Crippen molar-refractivity contribution in [3.8, 4) is 0 Å². The number of carbonyl (C=O) groups is 4. The molecule has 202 valence electrons. The maximum absolute atomic E-state index is 13.5. The third kappa shape index (κ3) is 4.76. The van der Waals surface area contributed by atoms with E-state index in [2.05, 4.69) is 10.6 Å². The first-order chi connectivity index (χ1) is 19.2. The Labute approximate surface area is 240 Å². The first-order valence-corrected chi connectivity index (χ1v) is 13.4. The van der Waals surface area contributed by atoms with E-state index in [1.165, 1.54) is 12.1 Å². The molecule has 0 bridgehead atoms. The zero-order valence-corrected chi connectivity index (χ0v) is 23.1. The van der Waals surface area contributed by atoms with Gasteiger partial charge in [0.15, 0.2) is 0 Å². The lowest BCUT2D eigenvalue weighted by molar-refractivity contribution is -0.122. The van der Waals surface area contributed by atoms with Gasteiger partial charge in [0.2, 0.25) is 0 Å². The quantitative estimate of drug-likeness (QED) is 0.336. The number of aryl methyl sites for hydroxylation is 2. The molecule has 40 heavy (non-hydrogen) atoms. The van der Waals surface area contributed by atoms with Crippen LogP contribution in [0.5, 0.6) is 0 Å². The van der Waals surface area contributed by atoms with Crippen molar-refractivity contribution in [2.45, 2.75) is 26.7 Å². The van der Waals surface area contributed by atoms with Crippen LogP contribution in [0, 0.1) is 0 Å². The molecule has 0 unspecified atom stereocenters. The van der Waals surface area contributed by atoms with Crippen LogP contribution in [-0.4, -0.2) is 23.6 Å². The van der Waals surface area contributed by atoms with Crippen LogP contribution < -0.4 is 20.4 Å². The van der Waals surface area contributed by atoms with Crippen LogP contribution in [-0.2, 0) is 32.0 Å². The molecule has 0 saturated heterocycles. The molecule has 2 aliphatic rings. The van der Waals surface area contributed by atoms with E-state index in [9.17, 15) is 19.2 Å². The molecule has 3 aromatic carbocycles. The van der Waals surface area contributed by atoms with Crippen LogP contribution >= 0.6 is 23.2 Å². The van der Waals surface area contributed by atoms with Gasteiger partial charge in [-0.1, -0.05) is 73.4 Å². The van der Waals surface area contributed by atoms with Crippen LogP contribution in [0.25, 0.3) is 0 Å². The highest BCUT2D eigenvalue weighted by molar-refractivity contribution is 6.55. The SMILES string of the molecule is CCc1ccc(NC2=C(Cl)C(=O)N(c3ccccc3N3C(=O)C(Cl)=C(Nc4ccc(CC)cc4)C3=O)C2=O)cc1. The molecule has 10 heteroatoms. The lowest BCUT2D eigenvalue weighted by Gasteiger charge is -2.23. The molecule has 5 rings (SSSR count). The Bertz CT molecular complexity index is 1490. The van der Waals surface area contributed by atoms with Crippen molar-refractivity contribution < 1.29 is 19.2 Å². The molecule has 0 aliphatic carbocycles. The molecule has 2 N–H and O–H groups in total. The third-order valence-corrected chi connectivity index (χ3v) is 7.38. The minimum absolute atomic E-state index is 0.00787. The van der Waals surface area contributed by atoms with E-state index in [0.717, 1.165) is 33.8 Å². The van der Waals surface area contributed by atoms with Gasteiger partial charge in [0.05, 0.1) is 11.4 Å². The van der Waals surface area contributed by atoms with Crippen LogP contribution in [0.3, 0.4) is 0 Å². The fourth-order valence-electron chi connectivity index (χ4n) is 4.44. The molecule has 3 aromatic rings. The number of rotatable bonds is 8. The van der Waals surface area contributed by atoms with Crippen molar-refractivity contribution in [1.29, 1.82) is 0 Å². The van der Waals surface area contributed by atoms with E-state index in [0.29, 0.717) is 11.4 Å². The van der Waals surface area contributed by atoms with Gasteiger partial charge in [-0.2, -0.15) is 0 Å². The average molecular weight is 575 g/mol. The van der Waals surface area contributed by atoms with E-state index in [-0.39, 0.29) is 32.8 Å². The molecule has 0 atom stereocenters. The van der Waals surface area contributed by atoms with Crippen molar-refractivity contribution >= 4 is 69.6 Å². The smallest absolute Gasteiger partial charge is 0.283 e. The number of hydrogen-bond acceptors (Lipinski definition) is 6. The molecule has 0 fully saturated rings. The molecular weight excluding hydrogens is 551 g/mol. The summed E-state index contributed by atoms with van der Waals surface area (Å²) in [6, 6.07) is 20.8. The second-order valence-electron chi connectivity index (χ2n) is 9.11. The molecule has 0 saturated carbocycles. The first-order valence-electron chi connectivity index (χ1n) is 12.6. The van der Waals surface area contributed by atoms with E-state index in [1.54, 1.807) is 36.4 Å². The summed E-state index contributed by atoms with van der Waals surface area (Å²) < 4.78 is 0. The van der Waals surface area contributed by atoms with E-state index >= 15 is 0 Å². The Hall–Kier alpha value is -4.40. The summed E-state index contributed by atoms with van der Waals surface area (Å²) in [7, 11) is 0. The fourth-order valence-corrected chi connectivity index (χ4v) is 4.86. The largest absolute Gasteiger partial charge is 0.350 e. The highest BCUT2D eigenvalue weighted by Crippen LogP contribution is 2.39. The van der Waals surface area contributed by atoms with Gasteiger partial charge in [0.1, 0.15) is 21.5 Å². The Kier molecular flexibility index (Phi) is 7.47. The maximum Gasteiger partial charge on any atom is 0.283 e. The zero-order valence-electron chi connectivity index (χ0n) is 21.6. The fraction of sp³-hybridized carbons (Fsp3) is 0.133. The minimum atomic E-state index is -0.792. The number of imide groups is 2. The number of carbonyl (C=O) groups excluding carboxylic acids is 4. The molecule has 0 spiro atoms. The maximum atomic E-state index is 13.5. The highest BCUT2D eigenvalue weighted by Gasteiger charge is 2.44. The molecule has 4 amide bonds. The number of hydrogen-bond donors (Lipinski definition) is 2. The van der Waals surface area contributed by atoms with Crippen molar-refractivity contribution in [2.24, 2.45) is 0 Å². The van der Waals surface area contributed by atoms with Crippen molar-refractivity contribution in [3.63, 3.8) is 0 Å². The summed E-state index contributed by atoms with van der Waals surface area (Å²) in [6.45, 7) is 4.05. The zero-order chi connectivity index (χ0) is 28.6. The Morgan fingerprint density at radius 2 is 0.900 bits per heavy atom.